The van der Waals surface area contributed by atoms with Gasteiger partial charge in [-0.25, -0.2) is 5.84 Å². The average Bonchev–Trinajstić information content (AvgIpc) is 2.37. The molecule has 0 spiro atoms. The SMILES string of the molecule is CC(C(=O)NN)c1ccccc1.CC(C)(C)OC=O. The summed E-state index contributed by atoms with van der Waals surface area (Å²) in [6.45, 7) is 7.74. The van der Waals surface area contributed by atoms with Gasteiger partial charge in [0.1, 0.15) is 5.60 Å². The fourth-order valence-electron chi connectivity index (χ4n) is 1.16. The van der Waals surface area contributed by atoms with E-state index in [2.05, 4.69) is 10.2 Å². The van der Waals surface area contributed by atoms with Crippen LogP contribution in [0.25, 0.3) is 0 Å². The molecule has 1 atom stereocenters. The standard InChI is InChI=1S/C9H12N2O.C5H10O2/c1-7(9(12)11-10)8-5-3-2-4-6-8;1-5(2,3)7-4-6/h2-7H,10H2,1H3,(H,11,12);4H,1-3H3. The third-order valence-electron chi connectivity index (χ3n) is 2.24. The van der Waals surface area contributed by atoms with Crippen LogP contribution in [-0.2, 0) is 14.3 Å². The van der Waals surface area contributed by atoms with Gasteiger partial charge in [-0.2, -0.15) is 0 Å². The first kappa shape index (κ1) is 17.1. The first-order valence-corrected chi connectivity index (χ1v) is 5.98. The number of benzene rings is 1. The van der Waals surface area contributed by atoms with Crippen LogP contribution < -0.4 is 11.3 Å². The van der Waals surface area contributed by atoms with Gasteiger partial charge in [0.2, 0.25) is 5.91 Å². The molecule has 0 aliphatic carbocycles. The maximum atomic E-state index is 11.1. The zero-order valence-electron chi connectivity index (χ0n) is 11.8. The van der Waals surface area contributed by atoms with E-state index in [0.29, 0.717) is 6.47 Å². The lowest BCUT2D eigenvalue weighted by atomic mass is 10.0. The number of rotatable bonds is 3. The highest BCUT2D eigenvalue weighted by atomic mass is 16.5. The van der Waals surface area contributed by atoms with E-state index in [0.717, 1.165) is 5.56 Å². The lowest BCUT2D eigenvalue weighted by Gasteiger charge is -2.14. The molecule has 1 unspecified atom stereocenters. The highest BCUT2D eigenvalue weighted by Crippen LogP contribution is 2.13. The van der Waals surface area contributed by atoms with Gasteiger partial charge in [0, 0.05) is 0 Å². The van der Waals surface area contributed by atoms with E-state index in [1.807, 2.05) is 58.0 Å². The van der Waals surface area contributed by atoms with Crippen LogP contribution in [0.4, 0.5) is 0 Å². The van der Waals surface area contributed by atoms with Crippen molar-refractivity contribution in [2.45, 2.75) is 39.2 Å². The van der Waals surface area contributed by atoms with E-state index >= 15 is 0 Å². The molecule has 1 rings (SSSR count). The van der Waals surface area contributed by atoms with Crippen molar-refractivity contribution in [2.75, 3.05) is 0 Å². The number of hydrogen-bond acceptors (Lipinski definition) is 4. The normalized spacial score (nSPS) is 11.6. The molecule has 0 aliphatic heterocycles. The van der Waals surface area contributed by atoms with E-state index in [4.69, 9.17) is 5.84 Å². The van der Waals surface area contributed by atoms with Crippen molar-refractivity contribution in [2.24, 2.45) is 5.84 Å². The average molecular weight is 266 g/mol. The smallest absolute Gasteiger partial charge is 0.293 e. The molecule has 0 radical (unpaired) electrons. The summed E-state index contributed by atoms with van der Waals surface area (Å²) in [5.74, 6) is 4.66. The summed E-state index contributed by atoms with van der Waals surface area (Å²) in [6, 6.07) is 9.52. The Bertz CT molecular complexity index is 385. The maximum absolute atomic E-state index is 11.1. The third kappa shape index (κ3) is 7.94. The summed E-state index contributed by atoms with van der Waals surface area (Å²) in [4.78, 5) is 20.7. The van der Waals surface area contributed by atoms with Gasteiger partial charge >= 0.3 is 0 Å². The second-order valence-electron chi connectivity index (χ2n) is 4.97. The van der Waals surface area contributed by atoms with E-state index in [1.165, 1.54) is 0 Å². The van der Waals surface area contributed by atoms with Crippen LogP contribution in [0.5, 0.6) is 0 Å². The predicted octanol–water partition coefficient (Wildman–Crippen LogP) is 1.74. The molecule has 0 saturated heterocycles. The van der Waals surface area contributed by atoms with Gasteiger partial charge in [-0.15, -0.1) is 0 Å². The number of carbonyl (C=O) groups is 2. The first-order chi connectivity index (χ1) is 8.81. The Morgan fingerprint density at radius 3 is 2.16 bits per heavy atom. The van der Waals surface area contributed by atoms with Crippen molar-refractivity contribution >= 4 is 12.4 Å². The molecule has 1 amide bonds. The Labute approximate surface area is 114 Å². The van der Waals surface area contributed by atoms with Crippen molar-refractivity contribution in [3.05, 3.63) is 35.9 Å². The molecule has 5 nitrogen and oxygen atoms in total. The van der Waals surface area contributed by atoms with Gasteiger partial charge in [-0.05, 0) is 33.3 Å². The number of hydrogen-bond donors (Lipinski definition) is 2. The Balaban J connectivity index is 0.000000399. The molecular weight excluding hydrogens is 244 g/mol. The van der Waals surface area contributed by atoms with Crippen molar-refractivity contribution in [1.29, 1.82) is 0 Å². The minimum absolute atomic E-state index is 0.166. The van der Waals surface area contributed by atoms with Crippen LogP contribution in [0.3, 0.4) is 0 Å². The Kier molecular flexibility index (Phi) is 7.44. The highest BCUT2D eigenvalue weighted by Gasteiger charge is 2.12. The summed E-state index contributed by atoms with van der Waals surface area (Å²) in [6.07, 6.45) is 0. The van der Waals surface area contributed by atoms with Gasteiger partial charge in [-0.1, -0.05) is 30.3 Å². The summed E-state index contributed by atoms with van der Waals surface area (Å²) < 4.78 is 4.55. The highest BCUT2D eigenvalue weighted by molar-refractivity contribution is 5.82. The van der Waals surface area contributed by atoms with Crippen LogP contribution >= 0.6 is 0 Å². The van der Waals surface area contributed by atoms with Crippen molar-refractivity contribution in [3.8, 4) is 0 Å². The summed E-state index contributed by atoms with van der Waals surface area (Å²) >= 11 is 0. The van der Waals surface area contributed by atoms with Gasteiger partial charge in [-0.3, -0.25) is 15.0 Å². The van der Waals surface area contributed by atoms with E-state index in [1.54, 1.807) is 0 Å². The molecule has 5 heteroatoms. The van der Waals surface area contributed by atoms with E-state index in [9.17, 15) is 9.59 Å². The van der Waals surface area contributed by atoms with Gasteiger partial charge < -0.3 is 4.74 Å². The molecule has 0 saturated carbocycles. The van der Waals surface area contributed by atoms with Gasteiger partial charge in [0.25, 0.3) is 6.47 Å². The van der Waals surface area contributed by atoms with Crippen LogP contribution in [0.2, 0.25) is 0 Å². The lowest BCUT2D eigenvalue weighted by molar-refractivity contribution is -0.138. The van der Waals surface area contributed by atoms with Crippen LogP contribution in [0.1, 0.15) is 39.2 Å². The predicted molar refractivity (Wildman–Crippen MR) is 74.1 cm³/mol. The fraction of sp³-hybridized carbons (Fsp3) is 0.429. The number of nitrogens with two attached hydrogens (primary N) is 1. The Morgan fingerprint density at radius 1 is 1.32 bits per heavy atom. The van der Waals surface area contributed by atoms with Crippen LogP contribution in [0.15, 0.2) is 30.3 Å². The fourth-order valence-corrected chi connectivity index (χ4v) is 1.16. The number of amides is 1. The Hall–Kier alpha value is -1.88. The monoisotopic (exact) mass is 266 g/mol. The van der Waals surface area contributed by atoms with Crippen LogP contribution in [-0.4, -0.2) is 18.0 Å². The first-order valence-electron chi connectivity index (χ1n) is 5.98. The molecule has 0 aromatic heterocycles. The number of hydrazine groups is 1. The lowest BCUT2D eigenvalue weighted by Crippen LogP contribution is -2.33. The largest absolute Gasteiger partial charge is 0.462 e. The Morgan fingerprint density at radius 2 is 1.84 bits per heavy atom. The van der Waals surface area contributed by atoms with E-state index in [-0.39, 0.29) is 17.4 Å². The minimum atomic E-state index is -0.318. The number of ether oxygens (including phenoxy) is 1. The molecular formula is C14H22N2O3. The number of carbonyl (C=O) groups excluding carboxylic acids is 2. The van der Waals surface area contributed by atoms with Crippen molar-refractivity contribution < 1.29 is 14.3 Å². The third-order valence-corrected chi connectivity index (χ3v) is 2.24. The summed E-state index contributed by atoms with van der Waals surface area (Å²) in [5.41, 5.74) is 2.78. The zero-order valence-corrected chi connectivity index (χ0v) is 11.8. The van der Waals surface area contributed by atoms with Crippen molar-refractivity contribution in [1.82, 2.24) is 5.43 Å². The molecule has 1 aromatic carbocycles. The maximum Gasteiger partial charge on any atom is 0.293 e. The van der Waals surface area contributed by atoms with Crippen LogP contribution in [0, 0.1) is 0 Å². The molecule has 1 aromatic rings. The number of nitrogens with one attached hydrogen (secondary N) is 1. The zero-order chi connectivity index (χ0) is 14.9. The quantitative estimate of drug-likeness (QED) is 0.378. The molecule has 0 fully saturated rings. The molecule has 3 N–H and O–H groups in total. The topological polar surface area (TPSA) is 81.4 Å². The second kappa shape index (κ2) is 8.26. The van der Waals surface area contributed by atoms with Gasteiger partial charge in [0.05, 0.1) is 5.92 Å². The molecule has 0 aliphatic rings. The second-order valence-corrected chi connectivity index (χ2v) is 4.97. The van der Waals surface area contributed by atoms with Crippen molar-refractivity contribution in [3.63, 3.8) is 0 Å². The summed E-state index contributed by atoms with van der Waals surface area (Å²) in [5, 5.41) is 0. The molecule has 0 bridgehead atoms. The molecule has 19 heavy (non-hydrogen) atoms. The van der Waals surface area contributed by atoms with Gasteiger partial charge in [0.15, 0.2) is 0 Å². The minimum Gasteiger partial charge on any atom is -0.462 e. The molecule has 0 heterocycles. The van der Waals surface area contributed by atoms with E-state index < -0.39 is 0 Å². The summed E-state index contributed by atoms with van der Waals surface area (Å²) in [7, 11) is 0. The molecule has 106 valence electrons.